The summed E-state index contributed by atoms with van der Waals surface area (Å²) in [6.45, 7) is 3.44. The molecule has 1 N–H and O–H groups in total. The van der Waals surface area contributed by atoms with Crippen molar-refractivity contribution in [1.29, 1.82) is 0 Å². The van der Waals surface area contributed by atoms with E-state index < -0.39 is 28.7 Å². The van der Waals surface area contributed by atoms with Crippen LogP contribution in [0.2, 0.25) is 5.02 Å². The fraction of sp³-hybridized carbons (Fsp3) is 0.364. The second-order valence-electron chi connectivity index (χ2n) is 7.35. The van der Waals surface area contributed by atoms with E-state index in [4.69, 9.17) is 11.6 Å². The molecule has 0 aliphatic carbocycles. The lowest BCUT2D eigenvalue weighted by Crippen LogP contribution is -2.52. The van der Waals surface area contributed by atoms with E-state index in [9.17, 15) is 18.0 Å². The maximum atomic E-state index is 13.4. The molecule has 0 saturated heterocycles. The summed E-state index contributed by atoms with van der Waals surface area (Å²) >= 11 is 6.08. The van der Waals surface area contributed by atoms with Gasteiger partial charge in [0.2, 0.25) is 11.8 Å². The molecule has 0 fully saturated rings. The van der Waals surface area contributed by atoms with Crippen LogP contribution in [0, 0.1) is 0 Å². The van der Waals surface area contributed by atoms with Gasteiger partial charge in [-0.05, 0) is 43.7 Å². The number of nitrogens with zero attached hydrogens (tertiary/aromatic N) is 3. The van der Waals surface area contributed by atoms with Gasteiger partial charge in [-0.3, -0.25) is 9.59 Å². The first-order chi connectivity index (χ1) is 15.1. The van der Waals surface area contributed by atoms with Gasteiger partial charge >= 0.3 is 10.2 Å². The molecule has 0 bridgehead atoms. The quantitative estimate of drug-likeness (QED) is 0.565. The van der Waals surface area contributed by atoms with Gasteiger partial charge in [0.15, 0.2) is 0 Å². The molecule has 2 aromatic rings. The molecule has 1 atom stereocenters. The van der Waals surface area contributed by atoms with Crippen LogP contribution < -0.4 is 9.62 Å². The SMILES string of the molecule is CCNC(=O)C(C)N(Cc1cccc(Cl)c1)C(=O)CN(c1ccccc1)S(=O)(=O)N(C)C. The van der Waals surface area contributed by atoms with Crippen LogP contribution in [0.1, 0.15) is 19.4 Å². The third-order valence-electron chi connectivity index (χ3n) is 4.82. The summed E-state index contributed by atoms with van der Waals surface area (Å²) in [4.78, 5) is 27.3. The molecule has 10 heteroatoms. The van der Waals surface area contributed by atoms with Gasteiger partial charge in [0.05, 0.1) is 5.69 Å². The average Bonchev–Trinajstić information content (AvgIpc) is 2.75. The zero-order valence-electron chi connectivity index (χ0n) is 18.7. The normalized spacial score (nSPS) is 12.3. The minimum Gasteiger partial charge on any atom is -0.355 e. The Hall–Kier alpha value is -2.62. The van der Waals surface area contributed by atoms with Crippen molar-refractivity contribution in [2.45, 2.75) is 26.4 Å². The van der Waals surface area contributed by atoms with Crippen molar-refractivity contribution in [2.24, 2.45) is 0 Å². The molecule has 0 aliphatic rings. The number of benzene rings is 2. The number of likely N-dealkylation sites (N-methyl/N-ethyl adjacent to an activating group) is 1. The zero-order chi connectivity index (χ0) is 23.9. The first-order valence-corrected chi connectivity index (χ1v) is 11.9. The molecular formula is C22H29ClN4O4S. The maximum absolute atomic E-state index is 13.4. The van der Waals surface area contributed by atoms with Crippen molar-refractivity contribution in [2.75, 3.05) is 31.5 Å². The number of carbonyl (C=O) groups is 2. The molecule has 2 rings (SSSR count). The number of halogens is 1. The lowest BCUT2D eigenvalue weighted by molar-refractivity contribution is -0.139. The molecule has 0 spiro atoms. The summed E-state index contributed by atoms with van der Waals surface area (Å²) in [6.07, 6.45) is 0. The van der Waals surface area contributed by atoms with Crippen molar-refractivity contribution in [3.63, 3.8) is 0 Å². The Balaban J connectivity index is 2.42. The van der Waals surface area contributed by atoms with Gasteiger partial charge in [0.1, 0.15) is 12.6 Å². The Morgan fingerprint density at radius 3 is 2.28 bits per heavy atom. The maximum Gasteiger partial charge on any atom is 0.304 e. The highest BCUT2D eigenvalue weighted by molar-refractivity contribution is 7.90. The molecule has 32 heavy (non-hydrogen) atoms. The Morgan fingerprint density at radius 1 is 1.06 bits per heavy atom. The fourth-order valence-corrected chi connectivity index (χ4v) is 4.32. The zero-order valence-corrected chi connectivity index (χ0v) is 20.2. The van der Waals surface area contributed by atoms with Crippen molar-refractivity contribution in [1.82, 2.24) is 14.5 Å². The summed E-state index contributed by atoms with van der Waals surface area (Å²) < 4.78 is 28.0. The van der Waals surface area contributed by atoms with Gasteiger partial charge < -0.3 is 10.2 Å². The van der Waals surface area contributed by atoms with Crippen LogP contribution in [-0.4, -0.2) is 62.7 Å². The molecule has 0 radical (unpaired) electrons. The number of para-hydroxylation sites is 1. The van der Waals surface area contributed by atoms with Crippen LogP contribution in [-0.2, 0) is 26.3 Å². The third kappa shape index (κ3) is 6.44. The van der Waals surface area contributed by atoms with Crippen molar-refractivity contribution >= 4 is 39.3 Å². The number of anilines is 1. The van der Waals surface area contributed by atoms with Crippen LogP contribution >= 0.6 is 11.6 Å². The molecule has 0 saturated carbocycles. The molecule has 174 valence electrons. The predicted octanol–water partition coefficient (Wildman–Crippen LogP) is 2.51. The van der Waals surface area contributed by atoms with E-state index in [-0.39, 0.29) is 12.5 Å². The van der Waals surface area contributed by atoms with Crippen molar-refractivity contribution in [3.8, 4) is 0 Å². The molecule has 1 unspecified atom stereocenters. The summed E-state index contributed by atoms with van der Waals surface area (Å²) in [5.41, 5.74) is 1.08. The van der Waals surface area contributed by atoms with E-state index in [1.165, 1.54) is 19.0 Å². The van der Waals surface area contributed by atoms with Crippen LogP contribution in [0.5, 0.6) is 0 Å². The Labute approximate surface area is 194 Å². The van der Waals surface area contributed by atoms with Crippen molar-refractivity contribution in [3.05, 3.63) is 65.2 Å². The highest BCUT2D eigenvalue weighted by Gasteiger charge is 2.32. The second-order valence-corrected chi connectivity index (χ2v) is 9.86. The lowest BCUT2D eigenvalue weighted by Gasteiger charge is -2.32. The van der Waals surface area contributed by atoms with E-state index in [1.807, 2.05) is 0 Å². The largest absolute Gasteiger partial charge is 0.355 e. The minimum atomic E-state index is -3.96. The topological polar surface area (TPSA) is 90.0 Å². The second kappa shape index (κ2) is 11.3. The highest BCUT2D eigenvalue weighted by Crippen LogP contribution is 2.21. The summed E-state index contributed by atoms with van der Waals surface area (Å²) in [5.74, 6) is -0.845. The van der Waals surface area contributed by atoms with Gasteiger partial charge in [0, 0.05) is 32.2 Å². The van der Waals surface area contributed by atoms with Gasteiger partial charge in [-0.25, -0.2) is 4.31 Å². The lowest BCUT2D eigenvalue weighted by atomic mass is 10.1. The number of nitrogens with one attached hydrogen (secondary N) is 1. The first kappa shape index (κ1) is 25.6. The third-order valence-corrected chi connectivity index (χ3v) is 6.88. The van der Waals surface area contributed by atoms with E-state index in [0.717, 1.165) is 14.2 Å². The fourth-order valence-electron chi connectivity index (χ4n) is 3.05. The molecule has 0 aromatic heterocycles. The summed E-state index contributed by atoms with van der Waals surface area (Å²) in [7, 11) is -1.16. The molecule has 2 amide bonds. The Bertz CT molecular complexity index is 1030. The number of rotatable bonds is 10. The number of carbonyl (C=O) groups excluding carboxylic acids is 2. The molecule has 8 nitrogen and oxygen atoms in total. The van der Waals surface area contributed by atoms with Crippen LogP contribution in [0.4, 0.5) is 5.69 Å². The predicted molar refractivity (Wildman–Crippen MR) is 127 cm³/mol. The van der Waals surface area contributed by atoms with Crippen LogP contribution in [0.3, 0.4) is 0 Å². The summed E-state index contributed by atoms with van der Waals surface area (Å²) in [5, 5.41) is 3.21. The molecule has 2 aromatic carbocycles. The average molecular weight is 481 g/mol. The molecule has 0 heterocycles. The van der Waals surface area contributed by atoms with Gasteiger partial charge in [-0.15, -0.1) is 0 Å². The molecular weight excluding hydrogens is 452 g/mol. The number of hydrogen-bond donors (Lipinski definition) is 1. The summed E-state index contributed by atoms with van der Waals surface area (Å²) in [6, 6.07) is 14.5. The number of amides is 2. The minimum absolute atomic E-state index is 0.0995. The van der Waals surface area contributed by atoms with E-state index in [1.54, 1.807) is 68.4 Å². The highest BCUT2D eigenvalue weighted by atomic mass is 35.5. The van der Waals surface area contributed by atoms with Gasteiger partial charge in [-0.2, -0.15) is 12.7 Å². The van der Waals surface area contributed by atoms with Crippen molar-refractivity contribution < 1.29 is 18.0 Å². The van der Waals surface area contributed by atoms with E-state index >= 15 is 0 Å². The van der Waals surface area contributed by atoms with E-state index in [2.05, 4.69) is 5.32 Å². The van der Waals surface area contributed by atoms with E-state index in [0.29, 0.717) is 17.3 Å². The number of hydrogen-bond acceptors (Lipinski definition) is 4. The standard InChI is InChI=1S/C22H29ClN4O4S/c1-5-24-22(29)17(2)26(15-18-10-9-11-19(23)14-18)21(28)16-27(32(30,31)25(3)4)20-12-7-6-8-13-20/h6-14,17H,5,15-16H2,1-4H3,(H,24,29). The first-order valence-electron chi connectivity index (χ1n) is 10.1. The molecule has 0 aliphatic heterocycles. The van der Waals surface area contributed by atoms with Gasteiger partial charge in [-0.1, -0.05) is 41.9 Å². The van der Waals surface area contributed by atoms with Gasteiger partial charge in [0.25, 0.3) is 0 Å². The Morgan fingerprint density at radius 2 is 1.72 bits per heavy atom. The smallest absolute Gasteiger partial charge is 0.304 e. The van der Waals surface area contributed by atoms with Crippen LogP contribution in [0.25, 0.3) is 0 Å². The Kier molecular flexibility index (Phi) is 9.06. The monoisotopic (exact) mass is 480 g/mol. The van der Waals surface area contributed by atoms with Crippen LogP contribution in [0.15, 0.2) is 54.6 Å².